The van der Waals surface area contributed by atoms with Crippen molar-refractivity contribution < 1.29 is 8.42 Å². The largest absolute Gasteiger partial charge is 0.361 e. The van der Waals surface area contributed by atoms with Crippen LogP contribution in [0, 0.1) is 0 Å². The Kier molecular flexibility index (Phi) is 5.02. The highest BCUT2D eigenvalue weighted by Crippen LogP contribution is 2.32. The molecule has 4 aromatic carbocycles. The van der Waals surface area contributed by atoms with Crippen molar-refractivity contribution in [1.29, 1.82) is 0 Å². The first kappa shape index (κ1) is 19.8. The number of aromatic nitrogens is 1. The van der Waals surface area contributed by atoms with Gasteiger partial charge in [-0.2, -0.15) is 4.72 Å². The number of benzene rings is 4. The molecule has 1 atom stereocenters. The molecule has 0 unspecified atom stereocenters. The van der Waals surface area contributed by atoms with Crippen LogP contribution in [0.2, 0.25) is 5.02 Å². The third-order valence-corrected chi connectivity index (χ3v) is 7.15. The number of halogens is 1. The van der Waals surface area contributed by atoms with Crippen molar-refractivity contribution in [1.82, 2.24) is 9.71 Å². The quantitative estimate of drug-likeness (QED) is 0.345. The Bertz CT molecular complexity index is 1490. The van der Waals surface area contributed by atoms with Gasteiger partial charge in [0, 0.05) is 27.5 Å². The summed E-state index contributed by atoms with van der Waals surface area (Å²) in [5.74, 6) is 0. The minimum atomic E-state index is -3.83. The van der Waals surface area contributed by atoms with E-state index in [-0.39, 0.29) is 4.90 Å². The molecule has 1 heterocycles. The van der Waals surface area contributed by atoms with E-state index in [0.29, 0.717) is 10.4 Å². The monoisotopic (exact) mass is 446 g/mol. The number of rotatable bonds is 5. The van der Waals surface area contributed by atoms with E-state index in [4.69, 9.17) is 11.6 Å². The lowest BCUT2D eigenvalue weighted by Crippen LogP contribution is -2.29. The summed E-state index contributed by atoms with van der Waals surface area (Å²) in [4.78, 5) is 3.47. The molecule has 0 saturated carbocycles. The number of H-pyrrole nitrogens is 1. The highest BCUT2D eigenvalue weighted by atomic mass is 35.5. The minimum absolute atomic E-state index is 0.259. The highest BCUT2D eigenvalue weighted by Gasteiger charge is 2.26. The second-order valence-electron chi connectivity index (χ2n) is 7.38. The number of aromatic amines is 1. The van der Waals surface area contributed by atoms with Crippen molar-refractivity contribution in [3.63, 3.8) is 0 Å². The van der Waals surface area contributed by atoms with Gasteiger partial charge in [-0.05, 0) is 34.7 Å². The molecule has 0 fully saturated rings. The number of nitrogens with one attached hydrogen (secondary N) is 2. The van der Waals surface area contributed by atoms with Crippen LogP contribution < -0.4 is 4.72 Å². The number of sulfonamides is 1. The Morgan fingerprint density at radius 3 is 2.39 bits per heavy atom. The van der Waals surface area contributed by atoms with Crippen LogP contribution in [0.25, 0.3) is 21.7 Å². The Morgan fingerprint density at radius 1 is 0.806 bits per heavy atom. The molecule has 0 spiro atoms. The van der Waals surface area contributed by atoms with Crippen molar-refractivity contribution in [2.75, 3.05) is 0 Å². The second kappa shape index (κ2) is 7.85. The van der Waals surface area contributed by atoms with Crippen molar-refractivity contribution in [3.05, 3.63) is 113 Å². The molecule has 0 aliphatic carbocycles. The fourth-order valence-corrected chi connectivity index (χ4v) is 5.57. The molecule has 154 valence electrons. The number of hydrogen-bond acceptors (Lipinski definition) is 2. The maximum absolute atomic E-state index is 13.6. The maximum Gasteiger partial charge on any atom is 0.242 e. The summed E-state index contributed by atoms with van der Waals surface area (Å²) in [6.07, 6.45) is 1.84. The van der Waals surface area contributed by atoms with Gasteiger partial charge in [-0.25, -0.2) is 8.42 Å². The average Bonchev–Trinajstić information content (AvgIpc) is 3.20. The molecule has 31 heavy (non-hydrogen) atoms. The SMILES string of the molecule is O=S(=O)(N[C@@H](c1ccccc1)c1c[nH]c2cc(Cl)ccc12)c1cccc2ccccc12. The highest BCUT2D eigenvalue weighted by molar-refractivity contribution is 7.89. The molecular weight excluding hydrogens is 428 g/mol. The van der Waals surface area contributed by atoms with E-state index in [1.165, 1.54) is 0 Å². The molecule has 0 aliphatic heterocycles. The smallest absolute Gasteiger partial charge is 0.242 e. The van der Waals surface area contributed by atoms with Gasteiger partial charge in [0.15, 0.2) is 0 Å². The number of hydrogen-bond donors (Lipinski definition) is 2. The molecule has 6 heteroatoms. The molecule has 0 amide bonds. The van der Waals surface area contributed by atoms with Crippen LogP contribution in [-0.2, 0) is 10.0 Å². The van der Waals surface area contributed by atoms with Gasteiger partial charge in [-0.3, -0.25) is 0 Å². The van der Waals surface area contributed by atoms with Crippen LogP contribution in [0.1, 0.15) is 17.2 Å². The van der Waals surface area contributed by atoms with Gasteiger partial charge >= 0.3 is 0 Å². The third kappa shape index (κ3) is 3.72. The summed E-state index contributed by atoms with van der Waals surface area (Å²) in [5.41, 5.74) is 2.54. The average molecular weight is 447 g/mol. The minimum Gasteiger partial charge on any atom is -0.361 e. The molecule has 0 bridgehead atoms. The zero-order valence-corrected chi connectivity index (χ0v) is 18.0. The molecule has 4 nitrogen and oxygen atoms in total. The molecule has 0 aliphatic rings. The molecule has 5 aromatic rings. The van der Waals surface area contributed by atoms with Crippen LogP contribution in [0.15, 0.2) is 102 Å². The zero-order valence-electron chi connectivity index (χ0n) is 16.4. The lowest BCUT2D eigenvalue weighted by atomic mass is 9.99. The van der Waals surface area contributed by atoms with Gasteiger partial charge in [0.1, 0.15) is 0 Å². The van der Waals surface area contributed by atoms with Gasteiger partial charge < -0.3 is 4.98 Å². The Morgan fingerprint density at radius 2 is 1.55 bits per heavy atom. The van der Waals surface area contributed by atoms with E-state index in [2.05, 4.69) is 9.71 Å². The fourth-order valence-electron chi connectivity index (χ4n) is 3.96. The first-order valence-electron chi connectivity index (χ1n) is 9.84. The van der Waals surface area contributed by atoms with Crippen LogP contribution in [0.5, 0.6) is 0 Å². The summed E-state index contributed by atoms with van der Waals surface area (Å²) in [6, 6.07) is 27.3. The van der Waals surface area contributed by atoms with Crippen molar-refractivity contribution >= 4 is 43.3 Å². The van der Waals surface area contributed by atoms with E-state index in [0.717, 1.165) is 27.4 Å². The van der Waals surface area contributed by atoms with Crippen molar-refractivity contribution in [2.45, 2.75) is 10.9 Å². The maximum atomic E-state index is 13.6. The lowest BCUT2D eigenvalue weighted by Gasteiger charge is -2.20. The predicted molar refractivity (Wildman–Crippen MR) is 126 cm³/mol. The molecule has 0 radical (unpaired) electrons. The fraction of sp³-hybridized carbons (Fsp3) is 0.0400. The van der Waals surface area contributed by atoms with Crippen LogP contribution in [0.3, 0.4) is 0 Å². The zero-order chi connectivity index (χ0) is 21.4. The Hall–Kier alpha value is -3.12. The van der Waals surface area contributed by atoms with Crippen LogP contribution in [0.4, 0.5) is 0 Å². The van der Waals surface area contributed by atoms with Crippen LogP contribution in [-0.4, -0.2) is 13.4 Å². The van der Waals surface area contributed by atoms with E-state index < -0.39 is 16.1 Å². The van der Waals surface area contributed by atoms with Gasteiger partial charge in [-0.1, -0.05) is 84.4 Å². The lowest BCUT2D eigenvalue weighted by molar-refractivity contribution is 0.573. The predicted octanol–water partition coefficient (Wildman–Crippen LogP) is 6.04. The first-order valence-corrected chi connectivity index (χ1v) is 11.7. The Labute approximate surface area is 185 Å². The number of fused-ring (bicyclic) bond motifs is 2. The molecule has 1 aromatic heterocycles. The van der Waals surface area contributed by atoms with Gasteiger partial charge in [0.2, 0.25) is 10.0 Å². The van der Waals surface area contributed by atoms with Gasteiger partial charge in [-0.15, -0.1) is 0 Å². The molecule has 0 saturated heterocycles. The van der Waals surface area contributed by atoms with E-state index in [1.54, 1.807) is 12.1 Å². The van der Waals surface area contributed by atoms with E-state index >= 15 is 0 Å². The molecular formula is C25H19ClN2O2S. The van der Waals surface area contributed by atoms with E-state index in [9.17, 15) is 8.42 Å². The normalized spacial score (nSPS) is 12.9. The summed E-state index contributed by atoms with van der Waals surface area (Å²) in [7, 11) is -3.83. The Balaban J connectivity index is 1.65. The van der Waals surface area contributed by atoms with Crippen molar-refractivity contribution in [2.24, 2.45) is 0 Å². The topological polar surface area (TPSA) is 62.0 Å². The molecule has 5 rings (SSSR count). The first-order chi connectivity index (χ1) is 15.0. The summed E-state index contributed by atoms with van der Waals surface area (Å²) in [6.45, 7) is 0. The summed E-state index contributed by atoms with van der Waals surface area (Å²) < 4.78 is 30.1. The van der Waals surface area contributed by atoms with Crippen LogP contribution >= 0.6 is 11.6 Å². The standard InChI is InChI=1S/C25H19ClN2O2S/c26-19-13-14-21-22(16-27-23(21)15-19)25(18-8-2-1-3-9-18)28-31(29,30)24-12-6-10-17-7-4-5-11-20(17)24/h1-16,25,27-28H/t25-/m0/s1. The summed E-state index contributed by atoms with van der Waals surface area (Å²) >= 11 is 6.13. The van der Waals surface area contributed by atoms with Crippen molar-refractivity contribution in [3.8, 4) is 0 Å². The van der Waals surface area contributed by atoms with Gasteiger partial charge in [0.25, 0.3) is 0 Å². The van der Waals surface area contributed by atoms with E-state index in [1.807, 2.05) is 85.1 Å². The van der Waals surface area contributed by atoms with Gasteiger partial charge in [0.05, 0.1) is 10.9 Å². The molecule has 2 N–H and O–H groups in total. The summed E-state index contributed by atoms with van der Waals surface area (Å²) in [5, 5.41) is 3.10. The third-order valence-electron chi connectivity index (χ3n) is 5.43. The second-order valence-corrected chi connectivity index (χ2v) is 9.50.